The number of anilines is 2. The molecule has 0 spiro atoms. The van der Waals surface area contributed by atoms with E-state index < -0.39 is 34.6 Å². The highest BCUT2D eigenvalue weighted by Crippen LogP contribution is 2.29. The molecule has 3 aromatic rings. The Labute approximate surface area is 162 Å². The molecule has 1 N–H and O–H groups in total. The van der Waals surface area contributed by atoms with Crippen LogP contribution in [0.3, 0.4) is 0 Å². The van der Waals surface area contributed by atoms with Crippen LogP contribution in [-0.4, -0.2) is 45.9 Å². The number of imidazole rings is 1. The standard InChI is InChI=1S/C17H13ClF2N6O2/c1-24(10-3-2-9(19)12(18)13(10)20)16(27)11-8-23-17(28)26(11)15-14-21-4-6-25(14)7-5-22-15/h2-7,11H,8H2,1H3,(H,23,28)/t11-/m0/s1. The summed E-state index contributed by atoms with van der Waals surface area (Å²) in [5.74, 6) is -2.41. The maximum Gasteiger partial charge on any atom is 0.324 e. The lowest BCUT2D eigenvalue weighted by Crippen LogP contribution is -2.47. The fourth-order valence-corrected chi connectivity index (χ4v) is 3.23. The smallest absolute Gasteiger partial charge is 0.324 e. The number of carbonyl (C=O) groups is 2. The van der Waals surface area contributed by atoms with E-state index in [1.54, 1.807) is 16.8 Å². The summed E-state index contributed by atoms with van der Waals surface area (Å²) in [5, 5.41) is 1.87. The van der Waals surface area contributed by atoms with Gasteiger partial charge in [0.15, 0.2) is 17.3 Å². The molecule has 144 valence electrons. The molecule has 28 heavy (non-hydrogen) atoms. The number of benzene rings is 1. The van der Waals surface area contributed by atoms with Crippen LogP contribution in [0.4, 0.5) is 25.1 Å². The number of hydrogen-bond donors (Lipinski definition) is 1. The fraction of sp³-hybridized carbons (Fsp3) is 0.176. The average molecular weight is 407 g/mol. The minimum Gasteiger partial charge on any atom is -0.335 e. The second-order valence-electron chi connectivity index (χ2n) is 6.07. The van der Waals surface area contributed by atoms with Crippen molar-refractivity contribution in [2.24, 2.45) is 0 Å². The first kappa shape index (κ1) is 18.1. The number of likely N-dealkylation sites (N-methyl/N-ethyl adjacent to an activating group) is 1. The second-order valence-corrected chi connectivity index (χ2v) is 6.45. The summed E-state index contributed by atoms with van der Waals surface area (Å²) in [6, 6.07) is 0.535. The van der Waals surface area contributed by atoms with Crippen LogP contribution in [0.25, 0.3) is 5.65 Å². The van der Waals surface area contributed by atoms with Crippen molar-refractivity contribution in [3.05, 3.63) is 53.6 Å². The van der Waals surface area contributed by atoms with Gasteiger partial charge in [-0.25, -0.2) is 23.5 Å². The minimum absolute atomic E-state index is 0.0119. The average Bonchev–Trinajstić information content (AvgIpc) is 3.31. The summed E-state index contributed by atoms with van der Waals surface area (Å²) < 4.78 is 29.4. The Bertz CT molecular complexity index is 1100. The summed E-state index contributed by atoms with van der Waals surface area (Å²) >= 11 is 5.61. The third-order valence-corrected chi connectivity index (χ3v) is 4.84. The number of urea groups is 1. The van der Waals surface area contributed by atoms with E-state index >= 15 is 0 Å². The molecule has 1 atom stereocenters. The van der Waals surface area contributed by atoms with Crippen LogP contribution in [0, 0.1) is 11.6 Å². The third-order valence-electron chi connectivity index (χ3n) is 4.49. The highest BCUT2D eigenvalue weighted by atomic mass is 35.5. The number of rotatable bonds is 3. The van der Waals surface area contributed by atoms with E-state index in [0.29, 0.717) is 5.65 Å². The predicted octanol–water partition coefficient (Wildman–Crippen LogP) is 2.22. The first-order valence-electron chi connectivity index (χ1n) is 8.16. The zero-order chi connectivity index (χ0) is 20.0. The molecule has 3 heterocycles. The quantitative estimate of drug-likeness (QED) is 0.676. The molecular formula is C17H13ClF2N6O2. The van der Waals surface area contributed by atoms with Crippen LogP contribution in [0.2, 0.25) is 5.02 Å². The Morgan fingerprint density at radius 2 is 2.00 bits per heavy atom. The number of halogens is 3. The number of nitrogens with one attached hydrogen (secondary N) is 1. The van der Waals surface area contributed by atoms with Crippen molar-refractivity contribution < 1.29 is 18.4 Å². The Hall–Kier alpha value is -3.27. The van der Waals surface area contributed by atoms with Crippen LogP contribution in [0.15, 0.2) is 36.9 Å². The summed E-state index contributed by atoms with van der Waals surface area (Å²) in [6.07, 6.45) is 6.33. The monoisotopic (exact) mass is 406 g/mol. The van der Waals surface area contributed by atoms with Crippen molar-refractivity contribution in [1.82, 2.24) is 19.7 Å². The molecule has 1 aliphatic heterocycles. The molecule has 8 nitrogen and oxygen atoms in total. The molecule has 0 unspecified atom stereocenters. The third kappa shape index (κ3) is 2.73. The summed E-state index contributed by atoms with van der Waals surface area (Å²) in [6.45, 7) is -0.0119. The van der Waals surface area contributed by atoms with E-state index in [4.69, 9.17) is 11.6 Å². The van der Waals surface area contributed by atoms with E-state index in [1.807, 2.05) is 0 Å². The largest absolute Gasteiger partial charge is 0.335 e. The first-order valence-corrected chi connectivity index (χ1v) is 8.53. The molecule has 2 aromatic heterocycles. The van der Waals surface area contributed by atoms with Crippen molar-refractivity contribution >= 4 is 40.7 Å². The van der Waals surface area contributed by atoms with Crippen LogP contribution in [0.1, 0.15) is 0 Å². The molecule has 1 aliphatic rings. The van der Waals surface area contributed by atoms with E-state index in [9.17, 15) is 18.4 Å². The highest BCUT2D eigenvalue weighted by Gasteiger charge is 2.41. The van der Waals surface area contributed by atoms with Gasteiger partial charge in [-0.05, 0) is 12.1 Å². The van der Waals surface area contributed by atoms with Crippen LogP contribution in [0.5, 0.6) is 0 Å². The van der Waals surface area contributed by atoms with Gasteiger partial charge in [0.25, 0.3) is 5.91 Å². The first-order chi connectivity index (χ1) is 13.4. The van der Waals surface area contributed by atoms with Gasteiger partial charge < -0.3 is 14.6 Å². The van der Waals surface area contributed by atoms with Gasteiger partial charge in [0.1, 0.15) is 16.9 Å². The summed E-state index contributed by atoms with van der Waals surface area (Å²) in [7, 11) is 1.32. The maximum atomic E-state index is 14.3. The lowest BCUT2D eigenvalue weighted by atomic mass is 10.2. The number of carbonyl (C=O) groups excluding carboxylic acids is 2. The van der Waals surface area contributed by atoms with Gasteiger partial charge in [0, 0.05) is 38.4 Å². The van der Waals surface area contributed by atoms with Gasteiger partial charge in [-0.15, -0.1) is 0 Å². The molecule has 3 amide bonds. The lowest BCUT2D eigenvalue weighted by molar-refractivity contribution is -0.119. The topological polar surface area (TPSA) is 82.8 Å². The predicted molar refractivity (Wildman–Crippen MR) is 97.4 cm³/mol. The maximum absolute atomic E-state index is 14.3. The van der Waals surface area contributed by atoms with Gasteiger partial charge in [-0.1, -0.05) is 11.6 Å². The van der Waals surface area contributed by atoms with E-state index in [-0.39, 0.29) is 18.1 Å². The number of aromatic nitrogens is 3. The van der Waals surface area contributed by atoms with Crippen LogP contribution >= 0.6 is 11.6 Å². The number of nitrogens with zero attached hydrogens (tertiary/aromatic N) is 5. The van der Waals surface area contributed by atoms with Crippen molar-refractivity contribution in [1.29, 1.82) is 0 Å². The van der Waals surface area contributed by atoms with Crippen molar-refractivity contribution in [2.75, 3.05) is 23.4 Å². The Morgan fingerprint density at radius 1 is 1.29 bits per heavy atom. The van der Waals surface area contributed by atoms with E-state index in [1.165, 1.54) is 24.3 Å². The minimum atomic E-state index is -1.06. The highest BCUT2D eigenvalue weighted by molar-refractivity contribution is 6.31. The van der Waals surface area contributed by atoms with Gasteiger partial charge in [0.2, 0.25) is 0 Å². The van der Waals surface area contributed by atoms with E-state index in [2.05, 4.69) is 15.3 Å². The molecule has 1 fully saturated rings. The van der Waals surface area contributed by atoms with Gasteiger partial charge in [-0.2, -0.15) is 0 Å². The molecule has 11 heteroatoms. The molecule has 0 bridgehead atoms. The Balaban J connectivity index is 1.71. The molecule has 0 radical (unpaired) electrons. The Kier molecular flexibility index (Phi) is 4.34. The molecule has 0 saturated carbocycles. The molecule has 1 aromatic carbocycles. The zero-order valence-corrected chi connectivity index (χ0v) is 15.2. The SMILES string of the molecule is CN(C(=O)[C@@H]1CNC(=O)N1c1nccn2ccnc12)c1ccc(F)c(Cl)c1F. The second kappa shape index (κ2) is 6.71. The van der Waals surface area contributed by atoms with Crippen molar-refractivity contribution in [3.63, 3.8) is 0 Å². The lowest BCUT2D eigenvalue weighted by Gasteiger charge is -2.26. The molecule has 4 rings (SSSR count). The van der Waals surface area contributed by atoms with Gasteiger partial charge >= 0.3 is 6.03 Å². The van der Waals surface area contributed by atoms with Gasteiger partial charge in [-0.3, -0.25) is 9.69 Å². The zero-order valence-electron chi connectivity index (χ0n) is 14.4. The van der Waals surface area contributed by atoms with Gasteiger partial charge in [0.05, 0.1) is 5.69 Å². The number of hydrogen-bond acceptors (Lipinski definition) is 4. The molecule has 0 aliphatic carbocycles. The van der Waals surface area contributed by atoms with E-state index in [0.717, 1.165) is 17.0 Å². The van der Waals surface area contributed by atoms with Crippen LogP contribution < -0.4 is 15.1 Å². The van der Waals surface area contributed by atoms with Crippen LogP contribution in [-0.2, 0) is 4.79 Å². The van der Waals surface area contributed by atoms with Crippen molar-refractivity contribution in [3.8, 4) is 0 Å². The van der Waals surface area contributed by atoms with Crippen molar-refractivity contribution in [2.45, 2.75) is 6.04 Å². The summed E-state index contributed by atoms with van der Waals surface area (Å²) in [4.78, 5) is 35.9. The number of fused-ring (bicyclic) bond motifs is 1. The fourth-order valence-electron chi connectivity index (χ4n) is 3.07. The number of amides is 3. The Morgan fingerprint density at radius 3 is 2.75 bits per heavy atom. The molecule has 1 saturated heterocycles. The summed E-state index contributed by atoms with van der Waals surface area (Å²) in [5.41, 5.74) is 0.179. The normalized spacial score (nSPS) is 16.5. The molecular weight excluding hydrogens is 394 g/mol.